The Bertz CT molecular complexity index is 478. The Balaban J connectivity index is 0.00000264. The second kappa shape index (κ2) is 10.6. The van der Waals surface area contributed by atoms with Gasteiger partial charge < -0.3 is 10.1 Å². The third kappa shape index (κ3) is 5.48. The average Bonchev–Trinajstić information content (AvgIpc) is 2.56. The number of unbranched alkanes of at least 4 members (excludes halogenated alkanes) is 2. The third-order valence-corrected chi connectivity index (χ3v) is 4.29. The zero-order chi connectivity index (χ0) is 15.8. The second-order valence-electron chi connectivity index (χ2n) is 5.73. The molecule has 1 aliphatic rings. The van der Waals surface area contributed by atoms with Crippen LogP contribution in [0.4, 0.5) is 4.39 Å². The third-order valence-electron chi connectivity index (χ3n) is 4.29. The second-order valence-corrected chi connectivity index (χ2v) is 5.73. The normalized spacial score (nSPS) is 16.4. The number of hydrogen-bond donors (Lipinski definition) is 1. The molecule has 0 saturated carbocycles. The zero-order valence-corrected chi connectivity index (χ0v) is 14.7. The minimum atomic E-state index is -0.161. The van der Waals surface area contributed by atoms with E-state index in [4.69, 9.17) is 4.74 Å². The van der Waals surface area contributed by atoms with Crippen molar-refractivity contribution in [3.05, 3.63) is 42.2 Å². The number of halogens is 2. The monoisotopic (exact) mass is 342 g/mol. The summed E-state index contributed by atoms with van der Waals surface area (Å²) in [7, 11) is 1.62. The van der Waals surface area contributed by atoms with Gasteiger partial charge in [-0.25, -0.2) is 4.39 Å². The van der Waals surface area contributed by atoms with Crippen molar-refractivity contribution in [1.29, 1.82) is 0 Å². The molecule has 1 fully saturated rings. The summed E-state index contributed by atoms with van der Waals surface area (Å²) in [5, 5.41) is 3.36. The van der Waals surface area contributed by atoms with Crippen LogP contribution in [0, 0.1) is 5.82 Å². The maximum atomic E-state index is 14.5. The molecule has 130 valence electrons. The van der Waals surface area contributed by atoms with E-state index >= 15 is 0 Å². The first kappa shape index (κ1) is 19.9. The standard InChI is InChI=1S/C18H27FN2O.ClH/c1-3-4-5-6-9-16(21-13-11-20-12-14-21)18-15(19)8-7-10-17(18)22-2;/h3,7-8,10,16,20H,1,4-6,9,11-14H2,2H3;1H/t16-;/m0./s1. The maximum absolute atomic E-state index is 14.5. The summed E-state index contributed by atoms with van der Waals surface area (Å²) in [5.74, 6) is 0.499. The number of nitrogens with one attached hydrogen (secondary N) is 1. The molecule has 0 aliphatic carbocycles. The molecule has 0 amide bonds. The number of ether oxygens (including phenoxy) is 1. The van der Waals surface area contributed by atoms with E-state index in [1.165, 1.54) is 6.07 Å². The Labute approximate surface area is 145 Å². The van der Waals surface area contributed by atoms with E-state index in [0.717, 1.165) is 51.9 Å². The Kier molecular flexibility index (Phi) is 9.22. The van der Waals surface area contributed by atoms with Crippen molar-refractivity contribution in [3.63, 3.8) is 0 Å². The van der Waals surface area contributed by atoms with Gasteiger partial charge in [0.15, 0.2) is 0 Å². The van der Waals surface area contributed by atoms with Gasteiger partial charge in [0, 0.05) is 37.8 Å². The fourth-order valence-corrected chi connectivity index (χ4v) is 3.15. The molecule has 1 saturated heterocycles. The molecule has 1 heterocycles. The molecule has 0 bridgehead atoms. The molecule has 1 aromatic carbocycles. The molecule has 0 radical (unpaired) electrons. The van der Waals surface area contributed by atoms with E-state index in [2.05, 4.69) is 16.8 Å². The highest BCUT2D eigenvalue weighted by molar-refractivity contribution is 5.85. The fourth-order valence-electron chi connectivity index (χ4n) is 3.15. The van der Waals surface area contributed by atoms with Crippen LogP contribution in [0.15, 0.2) is 30.9 Å². The van der Waals surface area contributed by atoms with Crippen LogP contribution < -0.4 is 10.1 Å². The molecule has 23 heavy (non-hydrogen) atoms. The number of allylic oxidation sites excluding steroid dienone is 1. The SMILES string of the molecule is C=CCCCC[C@@H](c1c(F)cccc1OC)N1CCNCC1.Cl. The van der Waals surface area contributed by atoms with Crippen molar-refractivity contribution in [2.45, 2.75) is 31.7 Å². The first-order valence-corrected chi connectivity index (χ1v) is 8.16. The van der Waals surface area contributed by atoms with Gasteiger partial charge in [-0.05, 0) is 31.4 Å². The minimum Gasteiger partial charge on any atom is -0.496 e. The molecular weight excluding hydrogens is 315 g/mol. The average molecular weight is 343 g/mol. The van der Waals surface area contributed by atoms with Gasteiger partial charge in [-0.1, -0.05) is 18.6 Å². The Hall–Kier alpha value is -1.10. The van der Waals surface area contributed by atoms with Gasteiger partial charge in [0.05, 0.1) is 7.11 Å². The van der Waals surface area contributed by atoms with E-state index in [0.29, 0.717) is 11.3 Å². The Morgan fingerprint density at radius 1 is 1.35 bits per heavy atom. The molecular formula is C18H28ClFN2O. The molecule has 3 nitrogen and oxygen atoms in total. The van der Waals surface area contributed by atoms with Gasteiger partial charge in [-0.2, -0.15) is 0 Å². The lowest BCUT2D eigenvalue weighted by Crippen LogP contribution is -2.45. The number of rotatable bonds is 8. The molecule has 1 N–H and O–H groups in total. The van der Waals surface area contributed by atoms with Crippen molar-refractivity contribution < 1.29 is 9.13 Å². The molecule has 1 atom stereocenters. The van der Waals surface area contributed by atoms with E-state index in [-0.39, 0.29) is 24.3 Å². The van der Waals surface area contributed by atoms with Crippen molar-refractivity contribution in [2.75, 3.05) is 33.3 Å². The van der Waals surface area contributed by atoms with Crippen LogP contribution in [0.2, 0.25) is 0 Å². The molecule has 0 unspecified atom stereocenters. The Morgan fingerprint density at radius 2 is 2.09 bits per heavy atom. The van der Waals surface area contributed by atoms with Crippen molar-refractivity contribution in [2.24, 2.45) is 0 Å². The fraction of sp³-hybridized carbons (Fsp3) is 0.556. The predicted octanol–water partition coefficient (Wildman–Crippen LogP) is 3.95. The molecule has 2 rings (SSSR count). The van der Waals surface area contributed by atoms with Gasteiger partial charge in [0.1, 0.15) is 11.6 Å². The van der Waals surface area contributed by atoms with E-state index in [1.54, 1.807) is 13.2 Å². The Morgan fingerprint density at radius 3 is 2.74 bits per heavy atom. The lowest BCUT2D eigenvalue weighted by atomic mass is 9.96. The highest BCUT2D eigenvalue weighted by atomic mass is 35.5. The van der Waals surface area contributed by atoms with Crippen molar-refractivity contribution in [3.8, 4) is 5.75 Å². The first-order chi connectivity index (χ1) is 10.8. The largest absolute Gasteiger partial charge is 0.496 e. The zero-order valence-electron chi connectivity index (χ0n) is 13.9. The van der Waals surface area contributed by atoms with Crippen LogP contribution in [0.5, 0.6) is 5.75 Å². The van der Waals surface area contributed by atoms with Crippen LogP contribution in [0.1, 0.15) is 37.3 Å². The van der Waals surface area contributed by atoms with Gasteiger partial charge in [0.25, 0.3) is 0 Å². The molecule has 0 spiro atoms. The van der Waals surface area contributed by atoms with Crippen LogP contribution in [0.25, 0.3) is 0 Å². The van der Waals surface area contributed by atoms with E-state index in [1.807, 2.05) is 12.1 Å². The van der Waals surface area contributed by atoms with E-state index < -0.39 is 0 Å². The van der Waals surface area contributed by atoms with Crippen LogP contribution >= 0.6 is 12.4 Å². The number of hydrogen-bond acceptors (Lipinski definition) is 3. The summed E-state index contributed by atoms with van der Waals surface area (Å²) >= 11 is 0. The highest BCUT2D eigenvalue weighted by Gasteiger charge is 2.27. The number of piperazine rings is 1. The molecule has 1 aliphatic heterocycles. The summed E-state index contributed by atoms with van der Waals surface area (Å²) in [4.78, 5) is 2.38. The quantitative estimate of drug-likeness (QED) is 0.572. The summed E-state index contributed by atoms with van der Waals surface area (Å²) in [6, 6.07) is 5.20. The van der Waals surface area contributed by atoms with Gasteiger partial charge >= 0.3 is 0 Å². The lowest BCUT2D eigenvalue weighted by molar-refractivity contribution is 0.157. The smallest absolute Gasteiger partial charge is 0.131 e. The molecule has 5 heteroatoms. The van der Waals surface area contributed by atoms with Gasteiger partial charge in [-0.15, -0.1) is 19.0 Å². The van der Waals surface area contributed by atoms with Crippen molar-refractivity contribution in [1.82, 2.24) is 10.2 Å². The molecule has 0 aromatic heterocycles. The lowest BCUT2D eigenvalue weighted by Gasteiger charge is -2.36. The predicted molar refractivity (Wildman–Crippen MR) is 96.0 cm³/mol. The van der Waals surface area contributed by atoms with Gasteiger partial charge in [-0.3, -0.25) is 4.90 Å². The summed E-state index contributed by atoms with van der Waals surface area (Å²) in [6.07, 6.45) is 6.08. The van der Waals surface area contributed by atoms with Crippen LogP contribution in [-0.2, 0) is 0 Å². The summed E-state index contributed by atoms with van der Waals surface area (Å²) in [6.45, 7) is 7.58. The number of benzene rings is 1. The van der Waals surface area contributed by atoms with Crippen LogP contribution in [0.3, 0.4) is 0 Å². The van der Waals surface area contributed by atoms with Gasteiger partial charge in [0.2, 0.25) is 0 Å². The topological polar surface area (TPSA) is 24.5 Å². The summed E-state index contributed by atoms with van der Waals surface area (Å²) in [5.41, 5.74) is 0.713. The number of nitrogens with zero attached hydrogens (tertiary/aromatic N) is 1. The first-order valence-electron chi connectivity index (χ1n) is 8.16. The van der Waals surface area contributed by atoms with E-state index in [9.17, 15) is 4.39 Å². The highest BCUT2D eigenvalue weighted by Crippen LogP contribution is 2.35. The number of methoxy groups -OCH3 is 1. The summed E-state index contributed by atoms with van der Waals surface area (Å²) < 4.78 is 19.9. The van der Waals surface area contributed by atoms with Crippen molar-refractivity contribution >= 4 is 12.4 Å². The maximum Gasteiger partial charge on any atom is 0.131 e. The van der Waals surface area contributed by atoms with Crippen LogP contribution in [-0.4, -0.2) is 38.2 Å². The molecule has 1 aromatic rings. The minimum absolute atomic E-state index is 0.